The highest BCUT2D eigenvalue weighted by atomic mass is 16.6. The van der Waals surface area contributed by atoms with Crippen molar-refractivity contribution >= 4 is 11.9 Å². The molecule has 1 amide bonds. The smallest absolute Gasteiger partial charge is 0.410 e. The van der Waals surface area contributed by atoms with E-state index in [2.05, 4.69) is 23.3 Å². The number of likely N-dealkylation sites (tertiary alicyclic amines) is 1. The van der Waals surface area contributed by atoms with Crippen LogP contribution in [0.1, 0.15) is 58.4 Å². The number of nitrogens with one attached hydrogen (secondary N) is 1. The van der Waals surface area contributed by atoms with Gasteiger partial charge in [0.25, 0.3) is 0 Å². The quantitative estimate of drug-likeness (QED) is 0.877. The number of carbonyl (C=O) groups is 1. The van der Waals surface area contributed by atoms with E-state index in [9.17, 15) is 4.79 Å². The normalized spacial score (nSPS) is 23.5. The van der Waals surface area contributed by atoms with Crippen molar-refractivity contribution in [2.24, 2.45) is 5.92 Å². The fraction of sp³-hybridized carbons (Fsp3) is 0.700. The highest BCUT2D eigenvalue weighted by molar-refractivity contribution is 5.68. The average molecular weight is 361 g/mol. The number of aromatic nitrogens is 1. The molecule has 0 spiro atoms. The summed E-state index contributed by atoms with van der Waals surface area (Å²) in [6, 6.07) is 4.70. The molecular weight excluding hydrogens is 330 g/mol. The number of anilines is 1. The van der Waals surface area contributed by atoms with Gasteiger partial charge in [-0.1, -0.05) is 6.92 Å². The van der Waals surface area contributed by atoms with Crippen molar-refractivity contribution in [1.29, 1.82) is 0 Å². The first-order valence-electron chi connectivity index (χ1n) is 9.56. The zero-order chi connectivity index (χ0) is 18.9. The Morgan fingerprint density at radius 3 is 2.46 bits per heavy atom. The number of rotatable bonds is 4. The average Bonchev–Trinajstić information content (AvgIpc) is 3.28. The molecule has 6 heteroatoms. The van der Waals surface area contributed by atoms with Crippen LogP contribution < -0.4 is 10.1 Å². The van der Waals surface area contributed by atoms with Crippen LogP contribution in [0.5, 0.6) is 5.88 Å². The zero-order valence-corrected chi connectivity index (χ0v) is 16.5. The molecule has 2 atom stereocenters. The predicted molar refractivity (Wildman–Crippen MR) is 102 cm³/mol. The van der Waals surface area contributed by atoms with Crippen LogP contribution in [-0.2, 0) is 4.74 Å². The topological polar surface area (TPSA) is 63.7 Å². The van der Waals surface area contributed by atoms with Gasteiger partial charge in [-0.3, -0.25) is 0 Å². The molecule has 0 aromatic carbocycles. The Morgan fingerprint density at radius 2 is 1.92 bits per heavy atom. The SMILES string of the molecule is COc1nc(N[C@H]2CC2C)ccc1C1CCN(C(=O)OC(C)(C)C)CC1. The lowest BCUT2D eigenvalue weighted by atomic mass is 9.90. The van der Waals surface area contributed by atoms with Gasteiger partial charge in [0.1, 0.15) is 11.4 Å². The number of methoxy groups -OCH3 is 1. The summed E-state index contributed by atoms with van der Waals surface area (Å²) < 4.78 is 11.0. The second-order valence-corrected chi connectivity index (χ2v) is 8.50. The number of hydrogen-bond donors (Lipinski definition) is 1. The molecule has 2 aliphatic rings. The van der Waals surface area contributed by atoms with Crippen LogP contribution in [0, 0.1) is 5.92 Å². The van der Waals surface area contributed by atoms with Gasteiger partial charge >= 0.3 is 6.09 Å². The Bertz CT molecular complexity index is 648. The van der Waals surface area contributed by atoms with Crippen molar-refractivity contribution in [3.05, 3.63) is 17.7 Å². The molecule has 1 saturated carbocycles. The summed E-state index contributed by atoms with van der Waals surface area (Å²) in [5.74, 6) is 2.65. The van der Waals surface area contributed by atoms with E-state index >= 15 is 0 Å². The van der Waals surface area contributed by atoms with Crippen LogP contribution >= 0.6 is 0 Å². The standard InChI is InChI=1S/C20H31N3O3/c1-13-12-16(13)21-17-7-6-15(18(22-17)25-5)14-8-10-23(11-9-14)19(24)26-20(2,3)4/h6-7,13-14,16H,8-12H2,1-5H3,(H,21,22)/t13?,16-/m0/s1. The number of piperidine rings is 1. The van der Waals surface area contributed by atoms with Crippen LogP contribution in [-0.4, -0.2) is 47.8 Å². The fourth-order valence-electron chi connectivity index (χ4n) is 3.42. The van der Waals surface area contributed by atoms with Crippen molar-refractivity contribution in [3.8, 4) is 5.88 Å². The van der Waals surface area contributed by atoms with Crippen molar-refractivity contribution in [2.45, 2.75) is 64.5 Å². The summed E-state index contributed by atoms with van der Waals surface area (Å²) in [5, 5.41) is 3.45. The van der Waals surface area contributed by atoms with E-state index in [1.807, 2.05) is 26.8 Å². The summed E-state index contributed by atoms with van der Waals surface area (Å²) >= 11 is 0. The molecular formula is C20H31N3O3. The summed E-state index contributed by atoms with van der Waals surface area (Å²) in [6.45, 7) is 9.32. The molecule has 1 aromatic rings. The fourth-order valence-corrected chi connectivity index (χ4v) is 3.42. The zero-order valence-electron chi connectivity index (χ0n) is 16.5. The lowest BCUT2D eigenvalue weighted by Gasteiger charge is -2.33. The van der Waals surface area contributed by atoms with E-state index in [1.165, 1.54) is 6.42 Å². The Kier molecular flexibility index (Phi) is 5.30. The predicted octanol–water partition coefficient (Wildman–Crippen LogP) is 4.03. The molecule has 3 rings (SSSR count). The van der Waals surface area contributed by atoms with Gasteiger partial charge in [-0.2, -0.15) is 4.98 Å². The van der Waals surface area contributed by atoms with E-state index in [1.54, 1.807) is 12.0 Å². The number of hydrogen-bond acceptors (Lipinski definition) is 5. The monoisotopic (exact) mass is 361 g/mol. The second-order valence-electron chi connectivity index (χ2n) is 8.50. The van der Waals surface area contributed by atoms with Gasteiger partial charge in [-0.05, 0) is 64.0 Å². The first kappa shape index (κ1) is 18.8. The summed E-state index contributed by atoms with van der Waals surface area (Å²) in [7, 11) is 1.67. The van der Waals surface area contributed by atoms with Gasteiger partial charge in [0.15, 0.2) is 0 Å². The Hall–Kier alpha value is -1.98. The van der Waals surface area contributed by atoms with Crippen molar-refractivity contribution in [2.75, 3.05) is 25.5 Å². The third-order valence-corrected chi connectivity index (χ3v) is 5.11. The third kappa shape index (κ3) is 4.59. The maximum Gasteiger partial charge on any atom is 0.410 e. The molecule has 2 fully saturated rings. The summed E-state index contributed by atoms with van der Waals surface area (Å²) in [4.78, 5) is 18.7. The van der Waals surface area contributed by atoms with E-state index in [-0.39, 0.29) is 6.09 Å². The van der Waals surface area contributed by atoms with Crippen LogP contribution in [0.15, 0.2) is 12.1 Å². The van der Waals surface area contributed by atoms with Gasteiger partial charge in [0.05, 0.1) is 7.11 Å². The van der Waals surface area contributed by atoms with Crippen molar-refractivity contribution in [1.82, 2.24) is 9.88 Å². The van der Waals surface area contributed by atoms with E-state index < -0.39 is 5.60 Å². The van der Waals surface area contributed by atoms with Crippen LogP contribution in [0.25, 0.3) is 0 Å². The molecule has 1 saturated heterocycles. The lowest BCUT2D eigenvalue weighted by Crippen LogP contribution is -2.41. The lowest BCUT2D eigenvalue weighted by molar-refractivity contribution is 0.0204. The van der Waals surface area contributed by atoms with E-state index in [0.29, 0.717) is 30.9 Å². The van der Waals surface area contributed by atoms with Gasteiger partial charge in [0.2, 0.25) is 5.88 Å². The summed E-state index contributed by atoms with van der Waals surface area (Å²) in [6.07, 6.45) is 2.77. The Labute approximate surface area is 156 Å². The van der Waals surface area contributed by atoms with Gasteiger partial charge in [0, 0.05) is 24.7 Å². The molecule has 1 N–H and O–H groups in total. The van der Waals surface area contributed by atoms with Crippen molar-refractivity contribution in [3.63, 3.8) is 0 Å². The molecule has 1 aliphatic heterocycles. The van der Waals surface area contributed by atoms with Gasteiger partial charge in [-0.15, -0.1) is 0 Å². The highest BCUT2D eigenvalue weighted by Crippen LogP contribution is 2.36. The maximum absolute atomic E-state index is 12.2. The Balaban J connectivity index is 1.60. The molecule has 0 bridgehead atoms. The van der Waals surface area contributed by atoms with Crippen LogP contribution in [0.2, 0.25) is 0 Å². The number of carbonyl (C=O) groups excluding carboxylic acids is 1. The molecule has 1 aromatic heterocycles. The first-order valence-corrected chi connectivity index (χ1v) is 9.56. The second kappa shape index (κ2) is 7.33. The minimum absolute atomic E-state index is 0.223. The first-order chi connectivity index (χ1) is 12.3. The van der Waals surface area contributed by atoms with Crippen LogP contribution in [0.4, 0.5) is 10.6 Å². The van der Waals surface area contributed by atoms with E-state index in [4.69, 9.17) is 9.47 Å². The third-order valence-electron chi connectivity index (χ3n) is 5.11. The molecule has 2 heterocycles. The molecule has 0 radical (unpaired) electrons. The number of nitrogens with zero attached hydrogens (tertiary/aromatic N) is 2. The molecule has 144 valence electrons. The molecule has 6 nitrogen and oxygen atoms in total. The van der Waals surface area contributed by atoms with Gasteiger partial charge < -0.3 is 19.7 Å². The van der Waals surface area contributed by atoms with Crippen LogP contribution in [0.3, 0.4) is 0 Å². The highest BCUT2D eigenvalue weighted by Gasteiger charge is 2.33. The minimum atomic E-state index is -0.455. The number of ether oxygens (including phenoxy) is 2. The van der Waals surface area contributed by atoms with E-state index in [0.717, 1.165) is 30.1 Å². The molecule has 26 heavy (non-hydrogen) atoms. The number of amides is 1. The largest absolute Gasteiger partial charge is 0.481 e. The molecule has 1 unspecified atom stereocenters. The summed E-state index contributed by atoms with van der Waals surface area (Å²) in [5.41, 5.74) is 0.675. The van der Waals surface area contributed by atoms with Crippen molar-refractivity contribution < 1.29 is 14.3 Å². The molecule has 1 aliphatic carbocycles. The minimum Gasteiger partial charge on any atom is -0.481 e. The van der Waals surface area contributed by atoms with Gasteiger partial charge in [-0.25, -0.2) is 4.79 Å². The maximum atomic E-state index is 12.2. The number of pyridine rings is 1. The Morgan fingerprint density at radius 1 is 1.27 bits per heavy atom.